The molecule has 1 heterocycles. The van der Waals surface area contributed by atoms with E-state index in [1.807, 2.05) is 0 Å². The lowest BCUT2D eigenvalue weighted by atomic mass is 9.90. The highest BCUT2D eigenvalue weighted by molar-refractivity contribution is 7.86. The van der Waals surface area contributed by atoms with E-state index >= 15 is 0 Å². The molecule has 1 amide bonds. The van der Waals surface area contributed by atoms with E-state index in [9.17, 15) is 17.1 Å². The molecule has 0 aromatic carbocycles. The van der Waals surface area contributed by atoms with Gasteiger partial charge in [-0.1, -0.05) is 12.8 Å². The fraction of sp³-hybridized carbons (Fsp3) is 0.909. The number of carbonyl (C=O) groups excluding carboxylic acids is 1. The van der Waals surface area contributed by atoms with E-state index < -0.39 is 21.9 Å². The quantitative estimate of drug-likeness (QED) is 0.758. The van der Waals surface area contributed by atoms with Gasteiger partial charge in [-0.3, -0.25) is 4.79 Å². The molecule has 0 aromatic rings. The molecule has 0 radical (unpaired) electrons. The first kappa shape index (κ1) is 13.7. The van der Waals surface area contributed by atoms with Crippen molar-refractivity contribution in [3.8, 4) is 0 Å². The minimum absolute atomic E-state index is 0.00133. The second-order valence-electron chi connectivity index (χ2n) is 5.34. The SMILES string of the molecule is N[C@H]1CCCC[C@@H]1N1CC(CS(=O)(=O)F)CC1=O. The predicted octanol–water partition coefficient (Wildman–Crippen LogP) is 0.404. The number of amides is 1. The van der Waals surface area contributed by atoms with Crippen LogP contribution >= 0.6 is 0 Å². The molecule has 104 valence electrons. The molecule has 0 bridgehead atoms. The fourth-order valence-corrected chi connectivity index (χ4v) is 3.84. The maximum Gasteiger partial charge on any atom is 0.302 e. The summed E-state index contributed by atoms with van der Waals surface area (Å²) < 4.78 is 33.9. The van der Waals surface area contributed by atoms with E-state index in [4.69, 9.17) is 5.73 Å². The number of nitrogens with zero attached hydrogens (tertiary/aromatic N) is 1. The van der Waals surface area contributed by atoms with Gasteiger partial charge in [0.25, 0.3) is 0 Å². The van der Waals surface area contributed by atoms with E-state index in [2.05, 4.69) is 0 Å². The number of likely N-dealkylation sites (tertiary alicyclic amines) is 1. The van der Waals surface area contributed by atoms with E-state index in [-0.39, 0.29) is 24.4 Å². The first-order chi connectivity index (χ1) is 8.37. The Morgan fingerprint density at radius 3 is 2.61 bits per heavy atom. The Kier molecular flexibility index (Phi) is 3.91. The Hall–Kier alpha value is -0.690. The van der Waals surface area contributed by atoms with Gasteiger partial charge < -0.3 is 10.6 Å². The second kappa shape index (κ2) is 5.13. The van der Waals surface area contributed by atoms with Gasteiger partial charge in [-0.05, 0) is 12.8 Å². The lowest BCUT2D eigenvalue weighted by Gasteiger charge is -2.36. The highest BCUT2D eigenvalue weighted by Gasteiger charge is 2.39. The highest BCUT2D eigenvalue weighted by Crippen LogP contribution is 2.28. The van der Waals surface area contributed by atoms with Crippen molar-refractivity contribution in [2.75, 3.05) is 12.3 Å². The summed E-state index contributed by atoms with van der Waals surface area (Å²) >= 11 is 0. The topological polar surface area (TPSA) is 80.5 Å². The van der Waals surface area contributed by atoms with Gasteiger partial charge in [-0.2, -0.15) is 8.42 Å². The average molecular weight is 278 g/mol. The first-order valence-electron chi connectivity index (χ1n) is 6.34. The van der Waals surface area contributed by atoms with Crippen molar-refractivity contribution in [3.05, 3.63) is 0 Å². The third-order valence-electron chi connectivity index (χ3n) is 3.86. The zero-order valence-electron chi connectivity index (χ0n) is 10.2. The molecule has 3 atom stereocenters. The molecule has 2 fully saturated rings. The van der Waals surface area contributed by atoms with Gasteiger partial charge in [0.15, 0.2) is 0 Å². The normalized spacial score (nSPS) is 34.0. The molecular weight excluding hydrogens is 259 g/mol. The minimum Gasteiger partial charge on any atom is -0.338 e. The minimum atomic E-state index is -4.51. The maximum absolute atomic E-state index is 12.6. The van der Waals surface area contributed by atoms with Crippen LogP contribution in [-0.4, -0.2) is 43.6 Å². The van der Waals surface area contributed by atoms with Crippen molar-refractivity contribution < 1.29 is 17.1 Å². The van der Waals surface area contributed by atoms with Crippen LogP contribution in [0.2, 0.25) is 0 Å². The summed E-state index contributed by atoms with van der Waals surface area (Å²) in [6.07, 6.45) is 3.98. The van der Waals surface area contributed by atoms with Gasteiger partial charge in [0, 0.05) is 31.0 Å². The maximum atomic E-state index is 12.6. The van der Waals surface area contributed by atoms with Crippen molar-refractivity contribution in [2.24, 2.45) is 11.7 Å². The van der Waals surface area contributed by atoms with Crippen LogP contribution < -0.4 is 5.73 Å². The Bertz CT molecular complexity index is 426. The summed E-state index contributed by atoms with van der Waals surface area (Å²) in [4.78, 5) is 13.5. The van der Waals surface area contributed by atoms with Gasteiger partial charge in [0.05, 0.1) is 5.75 Å². The van der Waals surface area contributed by atoms with Crippen molar-refractivity contribution in [1.82, 2.24) is 4.90 Å². The van der Waals surface area contributed by atoms with Crippen LogP contribution in [0.1, 0.15) is 32.1 Å². The lowest BCUT2D eigenvalue weighted by Crippen LogP contribution is -2.50. The summed E-state index contributed by atoms with van der Waals surface area (Å²) in [5.74, 6) is -1.08. The number of rotatable bonds is 3. The summed E-state index contributed by atoms with van der Waals surface area (Å²) in [5, 5.41) is 0. The molecule has 1 saturated heterocycles. The molecule has 5 nitrogen and oxygen atoms in total. The van der Waals surface area contributed by atoms with Crippen molar-refractivity contribution in [3.63, 3.8) is 0 Å². The van der Waals surface area contributed by atoms with Gasteiger partial charge in [-0.25, -0.2) is 0 Å². The van der Waals surface area contributed by atoms with Crippen molar-refractivity contribution in [2.45, 2.75) is 44.2 Å². The lowest BCUT2D eigenvalue weighted by molar-refractivity contribution is -0.130. The smallest absolute Gasteiger partial charge is 0.302 e. The molecule has 2 aliphatic rings. The molecule has 7 heteroatoms. The van der Waals surface area contributed by atoms with E-state index in [1.54, 1.807) is 4.90 Å². The van der Waals surface area contributed by atoms with Gasteiger partial charge in [-0.15, -0.1) is 3.89 Å². The summed E-state index contributed by atoms with van der Waals surface area (Å²) in [5.41, 5.74) is 6.01. The van der Waals surface area contributed by atoms with Crippen LogP contribution in [0.5, 0.6) is 0 Å². The van der Waals surface area contributed by atoms with E-state index in [1.165, 1.54) is 0 Å². The third-order valence-corrected chi connectivity index (χ3v) is 4.72. The van der Waals surface area contributed by atoms with Crippen LogP contribution in [0.15, 0.2) is 0 Å². The van der Waals surface area contributed by atoms with E-state index in [0.717, 1.165) is 25.7 Å². The number of halogens is 1. The molecule has 1 aliphatic carbocycles. The van der Waals surface area contributed by atoms with Crippen LogP contribution in [0.3, 0.4) is 0 Å². The molecule has 1 saturated carbocycles. The third kappa shape index (κ3) is 3.20. The van der Waals surface area contributed by atoms with Crippen molar-refractivity contribution in [1.29, 1.82) is 0 Å². The largest absolute Gasteiger partial charge is 0.338 e. The predicted molar refractivity (Wildman–Crippen MR) is 64.9 cm³/mol. The van der Waals surface area contributed by atoms with Crippen LogP contribution in [0.4, 0.5) is 3.89 Å². The summed E-state index contributed by atoms with van der Waals surface area (Å²) in [6.45, 7) is 0.320. The van der Waals surface area contributed by atoms with Gasteiger partial charge in [0.1, 0.15) is 0 Å². The molecule has 18 heavy (non-hydrogen) atoms. The Morgan fingerprint density at radius 2 is 2.00 bits per heavy atom. The van der Waals surface area contributed by atoms with Gasteiger partial charge >= 0.3 is 10.2 Å². The summed E-state index contributed by atoms with van der Waals surface area (Å²) in [6, 6.07) is -0.0398. The zero-order chi connectivity index (χ0) is 13.3. The fourth-order valence-electron chi connectivity index (χ4n) is 3.05. The number of nitrogens with two attached hydrogens (primary N) is 1. The summed E-state index contributed by atoms with van der Waals surface area (Å²) in [7, 11) is -4.51. The number of hydrogen-bond acceptors (Lipinski definition) is 4. The monoisotopic (exact) mass is 278 g/mol. The van der Waals surface area contributed by atoms with Crippen LogP contribution in [0, 0.1) is 5.92 Å². The molecule has 2 rings (SSSR count). The van der Waals surface area contributed by atoms with Crippen LogP contribution in [-0.2, 0) is 15.0 Å². The second-order valence-corrected chi connectivity index (χ2v) is 6.75. The number of hydrogen-bond donors (Lipinski definition) is 1. The van der Waals surface area contributed by atoms with Crippen molar-refractivity contribution >= 4 is 16.1 Å². The highest BCUT2D eigenvalue weighted by atomic mass is 32.3. The standard InChI is InChI=1S/C11H19FN2O3S/c12-18(16,17)7-8-5-11(15)14(6-8)10-4-2-1-3-9(10)13/h8-10H,1-7,13H2/t8?,9-,10-/m0/s1. The Balaban J connectivity index is 2.00. The van der Waals surface area contributed by atoms with Crippen LogP contribution in [0.25, 0.3) is 0 Å². The Labute approximate surface area is 107 Å². The first-order valence-corrected chi connectivity index (χ1v) is 7.89. The molecule has 2 N–H and O–H groups in total. The van der Waals surface area contributed by atoms with E-state index in [0.29, 0.717) is 6.54 Å². The molecule has 0 spiro atoms. The molecular formula is C11H19FN2O3S. The molecule has 1 unspecified atom stereocenters. The zero-order valence-corrected chi connectivity index (χ0v) is 11.0. The number of carbonyl (C=O) groups is 1. The Morgan fingerprint density at radius 1 is 1.33 bits per heavy atom. The van der Waals surface area contributed by atoms with Gasteiger partial charge in [0.2, 0.25) is 5.91 Å². The average Bonchev–Trinajstić information content (AvgIpc) is 2.57. The molecule has 1 aliphatic heterocycles. The molecule has 0 aromatic heterocycles.